The number of hydrogen-bond donors (Lipinski definition) is 3. The summed E-state index contributed by atoms with van der Waals surface area (Å²) in [6, 6.07) is 1.09. The van der Waals surface area contributed by atoms with Crippen LogP contribution in [0.3, 0.4) is 0 Å². The fraction of sp³-hybridized carbons (Fsp3) is 0.364. The molecule has 0 amide bonds. The molecule has 0 saturated heterocycles. The number of aromatic amines is 1. The maximum atomic E-state index is 12.2. The number of aromatic nitrogens is 4. The Bertz CT molecular complexity index is 761. The Kier molecular flexibility index (Phi) is 3.98. The lowest BCUT2D eigenvalue weighted by atomic mass is 10.4. The monoisotopic (exact) mass is 313 g/mol. The second kappa shape index (κ2) is 5.56. The normalized spacial score (nSPS) is 11.5. The Labute approximate surface area is 121 Å². The molecule has 9 nitrogen and oxygen atoms in total. The molecular formula is C11H15N5O4S. The summed E-state index contributed by atoms with van der Waals surface area (Å²) in [6.45, 7) is 4.36. The van der Waals surface area contributed by atoms with Crippen molar-refractivity contribution in [3.05, 3.63) is 23.8 Å². The van der Waals surface area contributed by atoms with Crippen LogP contribution in [0.1, 0.15) is 29.7 Å². The SMILES string of the molecule is CCCn1cc(S(=O)(=O)Nc2cc(C(=O)O)[nH]n2)nc1C. The van der Waals surface area contributed by atoms with Gasteiger partial charge in [-0.25, -0.2) is 9.78 Å². The lowest BCUT2D eigenvalue weighted by molar-refractivity contribution is 0.0690. The summed E-state index contributed by atoms with van der Waals surface area (Å²) in [4.78, 5) is 14.7. The third-order valence-electron chi connectivity index (χ3n) is 2.74. The minimum Gasteiger partial charge on any atom is -0.477 e. The fourth-order valence-corrected chi connectivity index (χ4v) is 2.75. The zero-order valence-corrected chi connectivity index (χ0v) is 12.3. The lowest BCUT2D eigenvalue weighted by Gasteiger charge is -2.01. The Morgan fingerprint density at radius 1 is 1.52 bits per heavy atom. The van der Waals surface area contributed by atoms with Crippen molar-refractivity contribution >= 4 is 21.8 Å². The number of aryl methyl sites for hydroxylation is 2. The second-order valence-electron chi connectivity index (χ2n) is 4.40. The number of nitrogens with one attached hydrogen (secondary N) is 2. The first-order chi connectivity index (χ1) is 9.83. The van der Waals surface area contributed by atoms with Gasteiger partial charge in [0.05, 0.1) is 0 Å². The molecule has 0 unspecified atom stereocenters. The number of aromatic carboxylic acids is 1. The molecule has 3 N–H and O–H groups in total. The van der Waals surface area contributed by atoms with E-state index >= 15 is 0 Å². The molecular weight excluding hydrogens is 298 g/mol. The van der Waals surface area contributed by atoms with Crippen LogP contribution in [0.4, 0.5) is 5.82 Å². The number of imidazole rings is 1. The topological polar surface area (TPSA) is 130 Å². The van der Waals surface area contributed by atoms with Crippen molar-refractivity contribution in [2.75, 3.05) is 4.72 Å². The van der Waals surface area contributed by atoms with Crippen LogP contribution < -0.4 is 4.72 Å². The smallest absolute Gasteiger partial charge is 0.353 e. The molecule has 0 aromatic carbocycles. The van der Waals surface area contributed by atoms with E-state index in [2.05, 4.69) is 19.9 Å². The highest BCUT2D eigenvalue weighted by molar-refractivity contribution is 7.92. The average Bonchev–Trinajstić information content (AvgIpc) is 2.98. The van der Waals surface area contributed by atoms with Crippen LogP contribution in [0.15, 0.2) is 17.3 Å². The molecule has 21 heavy (non-hydrogen) atoms. The van der Waals surface area contributed by atoms with Gasteiger partial charge >= 0.3 is 5.97 Å². The van der Waals surface area contributed by atoms with Crippen LogP contribution >= 0.6 is 0 Å². The van der Waals surface area contributed by atoms with Gasteiger partial charge in [-0.15, -0.1) is 0 Å². The van der Waals surface area contributed by atoms with Gasteiger partial charge in [-0.3, -0.25) is 9.82 Å². The highest BCUT2D eigenvalue weighted by atomic mass is 32.2. The molecule has 2 aromatic rings. The molecule has 0 fully saturated rings. The molecule has 2 aromatic heterocycles. The molecule has 10 heteroatoms. The summed E-state index contributed by atoms with van der Waals surface area (Å²) in [5, 5.41) is 14.4. The van der Waals surface area contributed by atoms with E-state index in [4.69, 9.17) is 5.11 Å². The number of carboxylic acids is 1. The predicted octanol–water partition coefficient (Wildman–Crippen LogP) is 0.824. The van der Waals surface area contributed by atoms with E-state index in [9.17, 15) is 13.2 Å². The first kappa shape index (κ1) is 15.0. The number of anilines is 1. The standard InChI is InChI=1S/C11H15N5O4S/c1-3-4-16-6-10(12-7(16)2)21(19,20)15-9-5-8(11(17)18)13-14-9/h5-6H,3-4H2,1-2H3,(H,17,18)(H2,13,14,15). The second-order valence-corrected chi connectivity index (χ2v) is 6.03. The highest BCUT2D eigenvalue weighted by Gasteiger charge is 2.21. The van der Waals surface area contributed by atoms with Crippen molar-refractivity contribution in [2.24, 2.45) is 0 Å². The third-order valence-corrected chi connectivity index (χ3v) is 3.97. The van der Waals surface area contributed by atoms with Gasteiger partial charge in [0.1, 0.15) is 11.5 Å². The molecule has 0 aliphatic carbocycles. The van der Waals surface area contributed by atoms with Crippen molar-refractivity contribution in [1.82, 2.24) is 19.7 Å². The summed E-state index contributed by atoms with van der Waals surface area (Å²) in [7, 11) is -3.90. The Balaban J connectivity index is 2.25. The Morgan fingerprint density at radius 2 is 2.24 bits per heavy atom. The van der Waals surface area contributed by atoms with E-state index in [0.717, 1.165) is 12.5 Å². The largest absolute Gasteiger partial charge is 0.477 e. The van der Waals surface area contributed by atoms with Crippen LogP contribution in [-0.2, 0) is 16.6 Å². The van der Waals surface area contributed by atoms with Gasteiger partial charge in [0, 0.05) is 18.8 Å². The molecule has 0 spiro atoms. The van der Waals surface area contributed by atoms with Gasteiger partial charge < -0.3 is 9.67 Å². The van der Waals surface area contributed by atoms with Gasteiger partial charge in [-0.05, 0) is 13.3 Å². The van der Waals surface area contributed by atoms with Crippen molar-refractivity contribution < 1.29 is 18.3 Å². The number of carbonyl (C=O) groups is 1. The van der Waals surface area contributed by atoms with Crippen LogP contribution in [0.5, 0.6) is 0 Å². The quantitative estimate of drug-likeness (QED) is 0.724. The Morgan fingerprint density at radius 3 is 2.81 bits per heavy atom. The van der Waals surface area contributed by atoms with Crippen molar-refractivity contribution in [3.8, 4) is 0 Å². The van der Waals surface area contributed by atoms with E-state index in [1.165, 1.54) is 6.20 Å². The van der Waals surface area contributed by atoms with Gasteiger partial charge in [0.15, 0.2) is 10.8 Å². The number of rotatable bonds is 6. The molecule has 2 heterocycles. The average molecular weight is 313 g/mol. The van der Waals surface area contributed by atoms with E-state index in [1.807, 2.05) is 6.92 Å². The van der Waals surface area contributed by atoms with Crippen LogP contribution in [0.25, 0.3) is 0 Å². The van der Waals surface area contributed by atoms with E-state index in [0.29, 0.717) is 12.4 Å². The van der Waals surface area contributed by atoms with Crippen LogP contribution in [0, 0.1) is 6.92 Å². The van der Waals surface area contributed by atoms with Gasteiger partial charge in [-0.2, -0.15) is 13.5 Å². The lowest BCUT2D eigenvalue weighted by Crippen LogP contribution is -2.13. The van der Waals surface area contributed by atoms with E-state index in [1.54, 1.807) is 11.5 Å². The number of sulfonamides is 1. The first-order valence-corrected chi connectivity index (χ1v) is 7.67. The van der Waals surface area contributed by atoms with E-state index < -0.39 is 16.0 Å². The molecule has 0 aliphatic rings. The maximum absolute atomic E-state index is 12.2. The van der Waals surface area contributed by atoms with E-state index in [-0.39, 0.29) is 16.5 Å². The summed E-state index contributed by atoms with van der Waals surface area (Å²) in [6.07, 6.45) is 2.29. The minimum atomic E-state index is -3.90. The van der Waals surface area contributed by atoms with Crippen molar-refractivity contribution in [1.29, 1.82) is 0 Å². The number of H-pyrrole nitrogens is 1. The summed E-state index contributed by atoms with van der Waals surface area (Å²) in [5.41, 5.74) is -0.208. The van der Waals surface area contributed by atoms with Crippen LogP contribution in [-0.4, -0.2) is 39.2 Å². The Hall–Kier alpha value is -2.36. The molecule has 0 aliphatic heterocycles. The fourth-order valence-electron chi connectivity index (χ4n) is 1.75. The van der Waals surface area contributed by atoms with Gasteiger partial charge in [0.2, 0.25) is 0 Å². The molecule has 0 saturated carbocycles. The summed E-state index contributed by atoms with van der Waals surface area (Å²) in [5.74, 6) is -0.739. The third kappa shape index (κ3) is 3.21. The van der Waals surface area contributed by atoms with Gasteiger partial charge in [0.25, 0.3) is 10.0 Å². The number of hydrogen-bond acceptors (Lipinski definition) is 5. The molecule has 0 atom stereocenters. The summed E-state index contributed by atoms with van der Waals surface area (Å²) >= 11 is 0. The number of nitrogens with zero attached hydrogens (tertiary/aromatic N) is 3. The molecule has 114 valence electrons. The molecule has 2 rings (SSSR count). The maximum Gasteiger partial charge on any atom is 0.353 e. The predicted molar refractivity (Wildman–Crippen MR) is 73.6 cm³/mol. The highest BCUT2D eigenvalue weighted by Crippen LogP contribution is 2.15. The molecule has 0 bridgehead atoms. The van der Waals surface area contributed by atoms with Gasteiger partial charge in [-0.1, -0.05) is 6.92 Å². The van der Waals surface area contributed by atoms with Crippen molar-refractivity contribution in [3.63, 3.8) is 0 Å². The number of carboxylic acid groups (broad SMARTS) is 1. The summed E-state index contributed by atoms with van der Waals surface area (Å²) < 4.78 is 28.2. The van der Waals surface area contributed by atoms with Crippen molar-refractivity contribution in [2.45, 2.75) is 31.8 Å². The molecule has 0 radical (unpaired) electrons. The first-order valence-electron chi connectivity index (χ1n) is 6.18. The van der Waals surface area contributed by atoms with Crippen LogP contribution in [0.2, 0.25) is 0 Å². The minimum absolute atomic E-state index is 0.102. The zero-order valence-electron chi connectivity index (χ0n) is 11.5. The zero-order chi connectivity index (χ0) is 15.6.